The average molecular weight is 326 g/mol. The summed E-state index contributed by atoms with van der Waals surface area (Å²) in [6.07, 6.45) is -2.92. The molecule has 124 valence electrons. The number of hydrogen-bond donors (Lipinski definition) is 2. The lowest BCUT2D eigenvalue weighted by Crippen LogP contribution is -2.31. The van der Waals surface area contributed by atoms with E-state index in [1.54, 1.807) is 19.1 Å². The van der Waals surface area contributed by atoms with Crippen LogP contribution in [0, 0.1) is 6.92 Å². The number of anilines is 1. The van der Waals surface area contributed by atoms with Crippen LogP contribution in [0.25, 0.3) is 0 Å². The van der Waals surface area contributed by atoms with Crippen LogP contribution >= 0.6 is 0 Å². The lowest BCUT2D eigenvalue weighted by Gasteiger charge is -2.14. The van der Waals surface area contributed by atoms with E-state index in [2.05, 4.69) is 10.6 Å². The third-order valence-corrected chi connectivity index (χ3v) is 3.34. The van der Waals surface area contributed by atoms with E-state index in [9.17, 15) is 18.0 Å². The Labute approximate surface area is 131 Å². The van der Waals surface area contributed by atoms with Crippen LogP contribution in [0.1, 0.15) is 29.9 Å². The third-order valence-electron chi connectivity index (χ3n) is 3.34. The van der Waals surface area contributed by atoms with Crippen LogP contribution in [0.2, 0.25) is 0 Å². The van der Waals surface area contributed by atoms with Crippen molar-refractivity contribution < 1.29 is 22.4 Å². The lowest BCUT2D eigenvalue weighted by molar-refractivity contribution is -0.138. The number of hydrogen-bond acceptors (Lipinski definition) is 3. The Bertz CT molecular complexity index is 666. The van der Waals surface area contributed by atoms with Gasteiger partial charge in [0.25, 0.3) is 0 Å². The van der Waals surface area contributed by atoms with Crippen molar-refractivity contribution in [3.8, 4) is 0 Å². The zero-order chi connectivity index (χ0) is 17.0. The van der Waals surface area contributed by atoms with Crippen molar-refractivity contribution in [1.29, 1.82) is 0 Å². The zero-order valence-corrected chi connectivity index (χ0v) is 12.7. The monoisotopic (exact) mass is 326 g/mol. The second kappa shape index (κ2) is 6.76. The van der Waals surface area contributed by atoms with Gasteiger partial charge in [0.15, 0.2) is 0 Å². The van der Waals surface area contributed by atoms with Gasteiger partial charge in [-0.15, -0.1) is 0 Å². The highest BCUT2D eigenvalue weighted by Crippen LogP contribution is 2.33. The van der Waals surface area contributed by atoms with Crippen molar-refractivity contribution in [2.75, 3.05) is 11.9 Å². The lowest BCUT2D eigenvalue weighted by atomic mass is 10.1. The van der Waals surface area contributed by atoms with E-state index in [1.807, 2.05) is 0 Å². The molecule has 0 aliphatic heterocycles. The molecule has 1 unspecified atom stereocenters. The molecule has 0 fully saturated rings. The van der Waals surface area contributed by atoms with E-state index in [-0.39, 0.29) is 29.7 Å². The molecule has 0 aliphatic rings. The molecule has 1 aromatic heterocycles. The molecular formula is C16H17F3N2O2. The molecule has 1 atom stereocenters. The normalized spacial score (nSPS) is 12.7. The maximum Gasteiger partial charge on any atom is 0.416 e. The number of nitrogens with one attached hydrogen (secondary N) is 2. The number of rotatable bonds is 5. The highest BCUT2D eigenvalue weighted by Gasteiger charge is 2.32. The number of benzene rings is 1. The molecule has 7 heteroatoms. The quantitative estimate of drug-likeness (QED) is 0.876. The molecule has 0 spiro atoms. The molecule has 0 aliphatic carbocycles. The van der Waals surface area contributed by atoms with Gasteiger partial charge in [-0.05, 0) is 43.7 Å². The standard InChI is InChI=1S/C16H17F3N2O2/c1-10-5-6-12(8-13(10)16(17,18)19)20-9-15(22)21-11(2)14-4-3-7-23-14/h3-8,11,20H,9H2,1-2H3,(H,21,22). The number of carbonyl (C=O) groups excluding carboxylic acids is 1. The third kappa shape index (κ3) is 4.51. The molecular weight excluding hydrogens is 309 g/mol. The minimum Gasteiger partial charge on any atom is -0.467 e. The van der Waals surface area contributed by atoms with Gasteiger partial charge in [0.1, 0.15) is 5.76 Å². The van der Waals surface area contributed by atoms with E-state index >= 15 is 0 Å². The summed E-state index contributed by atoms with van der Waals surface area (Å²) in [6, 6.07) is 7.00. The predicted octanol–water partition coefficient (Wildman–Crippen LogP) is 3.90. The van der Waals surface area contributed by atoms with Gasteiger partial charge >= 0.3 is 6.18 Å². The largest absolute Gasteiger partial charge is 0.467 e. The fraction of sp³-hybridized carbons (Fsp3) is 0.312. The molecule has 23 heavy (non-hydrogen) atoms. The smallest absolute Gasteiger partial charge is 0.416 e. The first kappa shape index (κ1) is 16.9. The molecule has 0 radical (unpaired) electrons. The summed E-state index contributed by atoms with van der Waals surface area (Å²) >= 11 is 0. The van der Waals surface area contributed by atoms with Gasteiger partial charge in [-0.2, -0.15) is 13.2 Å². The van der Waals surface area contributed by atoms with Crippen LogP contribution in [0.3, 0.4) is 0 Å². The Morgan fingerprint density at radius 1 is 1.30 bits per heavy atom. The summed E-state index contributed by atoms with van der Waals surface area (Å²) in [5.41, 5.74) is -0.338. The minimum absolute atomic E-state index is 0.134. The SMILES string of the molecule is Cc1ccc(NCC(=O)NC(C)c2ccco2)cc1C(F)(F)F. The van der Waals surface area contributed by atoms with Gasteiger partial charge in [-0.25, -0.2) is 0 Å². The van der Waals surface area contributed by atoms with Crippen LogP contribution in [0.4, 0.5) is 18.9 Å². The molecule has 0 bridgehead atoms. The van der Waals surface area contributed by atoms with Crippen LogP contribution in [0.5, 0.6) is 0 Å². The second-order valence-electron chi connectivity index (χ2n) is 5.19. The zero-order valence-electron chi connectivity index (χ0n) is 12.7. The molecule has 4 nitrogen and oxygen atoms in total. The number of furan rings is 1. The van der Waals surface area contributed by atoms with Crippen LogP contribution in [0.15, 0.2) is 41.0 Å². The number of aryl methyl sites for hydroxylation is 1. The Hall–Kier alpha value is -2.44. The molecule has 0 saturated heterocycles. The Morgan fingerprint density at radius 3 is 2.65 bits per heavy atom. The summed E-state index contributed by atoms with van der Waals surface area (Å²) in [4.78, 5) is 11.8. The summed E-state index contributed by atoms with van der Waals surface area (Å²) in [6.45, 7) is 3.01. The van der Waals surface area contributed by atoms with Crippen molar-refractivity contribution >= 4 is 11.6 Å². The van der Waals surface area contributed by atoms with Crippen molar-refractivity contribution in [2.45, 2.75) is 26.1 Å². The molecule has 2 N–H and O–H groups in total. The predicted molar refractivity (Wildman–Crippen MR) is 79.9 cm³/mol. The highest BCUT2D eigenvalue weighted by molar-refractivity contribution is 5.81. The Balaban J connectivity index is 1.94. The average Bonchev–Trinajstić information content (AvgIpc) is 2.99. The van der Waals surface area contributed by atoms with E-state index < -0.39 is 11.7 Å². The van der Waals surface area contributed by atoms with Crippen molar-refractivity contribution in [3.63, 3.8) is 0 Å². The summed E-state index contributed by atoms with van der Waals surface area (Å²) < 4.78 is 43.7. The Morgan fingerprint density at radius 2 is 2.04 bits per heavy atom. The van der Waals surface area contributed by atoms with Gasteiger partial charge in [0.05, 0.1) is 24.4 Å². The number of halogens is 3. The molecule has 1 heterocycles. The molecule has 1 amide bonds. The Kier molecular flexibility index (Phi) is 4.98. The van der Waals surface area contributed by atoms with Gasteiger partial charge in [0, 0.05) is 5.69 Å². The molecule has 2 aromatic rings. The fourth-order valence-corrected chi connectivity index (χ4v) is 2.12. The maximum atomic E-state index is 12.8. The molecule has 0 saturated carbocycles. The van der Waals surface area contributed by atoms with Gasteiger partial charge < -0.3 is 15.1 Å². The minimum atomic E-state index is -4.42. The van der Waals surface area contributed by atoms with Crippen LogP contribution in [-0.2, 0) is 11.0 Å². The van der Waals surface area contributed by atoms with Crippen LogP contribution < -0.4 is 10.6 Å². The first-order chi connectivity index (χ1) is 10.8. The van der Waals surface area contributed by atoms with Gasteiger partial charge in [0.2, 0.25) is 5.91 Å². The van der Waals surface area contributed by atoms with Crippen molar-refractivity contribution in [1.82, 2.24) is 5.32 Å². The van der Waals surface area contributed by atoms with Gasteiger partial charge in [-0.3, -0.25) is 4.79 Å². The summed E-state index contributed by atoms with van der Waals surface area (Å²) in [5.74, 6) is 0.260. The summed E-state index contributed by atoms with van der Waals surface area (Å²) in [5, 5.41) is 5.38. The van der Waals surface area contributed by atoms with E-state index in [0.717, 1.165) is 6.07 Å². The second-order valence-corrected chi connectivity index (χ2v) is 5.19. The first-order valence-electron chi connectivity index (χ1n) is 7.02. The fourth-order valence-electron chi connectivity index (χ4n) is 2.12. The number of carbonyl (C=O) groups is 1. The topological polar surface area (TPSA) is 54.3 Å². The number of alkyl halides is 3. The van der Waals surface area contributed by atoms with Crippen molar-refractivity contribution in [3.05, 3.63) is 53.5 Å². The van der Waals surface area contributed by atoms with E-state index in [4.69, 9.17) is 4.42 Å². The maximum absolute atomic E-state index is 12.8. The van der Waals surface area contributed by atoms with Crippen LogP contribution in [-0.4, -0.2) is 12.5 Å². The van der Waals surface area contributed by atoms with E-state index in [1.165, 1.54) is 25.3 Å². The summed E-state index contributed by atoms with van der Waals surface area (Å²) in [7, 11) is 0. The highest BCUT2D eigenvalue weighted by atomic mass is 19.4. The molecule has 2 rings (SSSR count). The molecule has 1 aromatic carbocycles. The van der Waals surface area contributed by atoms with E-state index in [0.29, 0.717) is 5.76 Å². The number of amides is 1. The first-order valence-corrected chi connectivity index (χ1v) is 7.02. The van der Waals surface area contributed by atoms with Gasteiger partial charge in [-0.1, -0.05) is 6.07 Å². The van der Waals surface area contributed by atoms with Crippen molar-refractivity contribution in [2.24, 2.45) is 0 Å².